The van der Waals surface area contributed by atoms with Crippen LogP contribution in [0, 0.1) is 6.92 Å². The summed E-state index contributed by atoms with van der Waals surface area (Å²) in [4.78, 5) is 0. The molecule has 31 valence electrons. The molecule has 0 N–H and O–H groups in total. The van der Waals surface area contributed by atoms with E-state index in [4.69, 9.17) is 11.8 Å². The average Bonchev–Trinajstić information content (AvgIpc) is 1.38. The van der Waals surface area contributed by atoms with E-state index in [1.54, 1.807) is 0 Å². The van der Waals surface area contributed by atoms with Gasteiger partial charge in [0.25, 0.3) is 0 Å². The molecule has 0 spiro atoms. The predicted molar refractivity (Wildman–Crippen MR) is 34.8 cm³/mol. The van der Waals surface area contributed by atoms with Gasteiger partial charge in [-0.05, 0) is 13.1 Å². The Kier molecular flexibility index (Phi) is 4.08. The third-order valence-electron chi connectivity index (χ3n) is 0.197. The fourth-order valence-electron chi connectivity index (χ4n) is 0. The van der Waals surface area contributed by atoms with Gasteiger partial charge in [0.15, 0.2) is 0 Å². The van der Waals surface area contributed by atoms with Crippen molar-refractivity contribution in [2.24, 2.45) is 0 Å². The smallest absolute Gasteiger partial charge is 0.00533 e. The van der Waals surface area contributed by atoms with Crippen LogP contribution in [-0.2, 0) is 11.8 Å². The van der Waals surface area contributed by atoms with E-state index in [-0.39, 0.29) is 0 Å². The van der Waals surface area contributed by atoms with Crippen LogP contribution >= 0.6 is 20.9 Å². The molecule has 0 aromatic carbocycles. The van der Waals surface area contributed by atoms with Gasteiger partial charge in [0.1, 0.15) is 0 Å². The molecule has 0 nitrogen and oxygen atoms in total. The van der Waals surface area contributed by atoms with Crippen LogP contribution in [0.4, 0.5) is 0 Å². The number of hydrogen-bond donors (Lipinski definition) is 0. The van der Waals surface area contributed by atoms with Gasteiger partial charge in [0, 0.05) is 5.40 Å². The minimum absolute atomic E-state index is 0.589. The van der Waals surface area contributed by atoms with Gasteiger partial charge >= 0.3 is 0 Å². The first-order valence-corrected chi connectivity index (χ1v) is 6.34. The zero-order chi connectivity index (χ0) is 4.28. The molecule has 3 heteroatoms. The lowest BCUT2D eigenvalue weighted by atomic mass is 11.0. The molecule has 1 unspecified atom stereocenters. The lowest BCUT2D eigenvalue weighted by Gasteiger charge is -1.75. The number of rotatable bonds is 1. The van der Waals surface area contributed by atoms with Crippen molar-refractivity contribution in [1.82, 2.24) is 0 Å². The zero-order valence-corrected chi connectivity index (χ0v) is 6.10. The second kappa shape index (κ2) is 3.32. The van der Waals surface area contributed by atoms with E-state index in [0.29, 0.717) is 0 Å². The van der Waals surface area contributed by atoms with E-state index in [1.165, 1.54) is 0 Å². The highest BCUT2D eigenvalue weighted by Crippen LogP contribution is 2.28. The van der Waals surface area contributed by atoms with Crippen molar-refractivity contribution in [1.29, 1.82) is 0 Å². The quantitative estimate of drug-likeness (QED) is 0.543. The highest BCUT2D eigenvalue weighted by molar-refractivity contribution is 9.41. The molecule has 1 atom stereocenters. The summed E-state index contributed by atoms with van der Waals surface area (Å²) in [7, 11) is 0. The van der Waals surface area contributed by atoms with Crippen LogP contribution in [0.5, 0.6) is 0 Å². The largest absolute Gasteiger partial charge is 0.0888 e. The first-order chi connectivity index (χ1) is 2.27. The molecule has 0 aliphatic heterocycles. The summed E-state index contributed by atoms with van der Waals surface area (Å²) < 4.78 is 0. The predicted octanol–water partition coefficient (Wildman–Crippen LogP) is 1.81. The van der Waals surface area contributed by atoms with Crippen LogP contribution in [0.2, 0.25) is 0 Å². The van der Waals surface area contributed by atoms with E-state index in [9.17, 15) is 0 Å². The van der Waals surface area contributed by atoms with Crippen LogP contribution in [0.25, 0.3) is 0 Å². The fraction of sp³-hybridized carbons (Fsp3) is 0.500. The zero-order valence-electron chi connectivity index (χ0n) is 2.70. The molecule has 0 saturated carbocycles. The van der Waals surface area contributed by atoms with Gasteiger partial charge in [0.05, 0.1) is 0 Å². The van der Waals surface area contributed by atoms with E-state index in [2.05, 4.69) is 22.4 Å². The van der Waals surface area contributed by atoms with Gasteiger partial charge in [-0.1, -0.05) is 27.3 Å². The molecule has 0 aromatic rings. The molecule has 0 aliphatic rings. The number of halogens is 1. The second-order valence-corrected chi connectivity index (χ2v) is 7.74. The van der Waals surface area contributed by atoms with E-state index >= 15 is 0 Å². The highest BCUT2D eigenvalue weighted by Gasteiger charge is 1.71. The van der Waals surface area contributed by atoms with Crippen molar-refractivity contribution < 1.29 is 0 Å². The monoisotopic (exact) mass is 171 g/mol. The number of hydrogen-bond acceptors (Lipinski definition) is 1. The summed E-state index contributed by atoms with van der Waals surface area (Å²) in [5.41, 5.74) is 0. The molecule has 1 radical (unpaired) electrons. The normalized spacial score (nSPS) is 14.8. The van der Waals surface area contributed by atoms with Gasteiger partial charge in [0.2, 0.25) is 0 Å². The van der Waals surface area contributed by atoms with Crippen molar-refractivity contribution in [3.8, 4) is 0 Å². The molecule has 0 aromatic heterocycles. The first-order valence-electron chi connectivity index (χ1n) is 1.25. The third kappa shape index (κ3) is 5.13. The summed E-state index contributed by atoms with van der Waals surface area (Å²) in [6.45, 7) is 3.58. The SMILES string of the molecule is [CH2]C[PH](=S)Br. The van der Waals surface area contributed by atoms with E-state index in [1.807, 2.05) is 0 Å². The van der Waals surface area contributed by atoms with Crippen molar-refractivity contribution in [3.63, 3.8) is 0 Å². The van der Waals surface area contributed by atoms with Crippen LogP contribution in [-0.4, -0.2) is 6.16 Å². The summed E-state index contributed by atoms with van der Waals surface area (Å²) in [5, 5.41) is -0.589. The average molecular weight is 172 g/mol. The van der Waals surface area contributed by atoms with Gasteiger partial charge in [-0.3, -0.25) is 0 Å². The van der Waals surface area contributed by atoms with E-state index < -0.39 is 5.40 Å². The molecule has 0 amide bonds. The Morgan fingerprint density at radius 1 is 2.00 bits per heavy atom. The Labute approximate surface area is 46.1 Å². The topological polar surface area (TPSA) is 0 Å². The summed E-state index contributed by atoms with van der Waals surface area (Å²) in [5.74, 6) is 0. The Morgan fingerprint density at radius 2 is 2.20 bits per heavy atom. The van der Waals surface area contributed by atoms with Crippen molar-refractivity contribution >= 4 is 32.7 Å². The minimum Gasteiger partial charge on any atom is -0.0888 e. The van der Waals surface area contributed by atoms with Gasteiger partial charge < -0.3 is 0 Å². The lowest BCUT2D eigenvalue weighted by Crippen LogP contribution is -1.48. The summed E-state index contributed by atoms with van der Waals surface area (Å²) in [6.07, 6.45) is 0.889. The Balaban J connectivity index is 2.85. The molecule has 0 fully saturated rings. The third-order valence-corrected chi connectivity index (χ3v) is 2.39. The Bertz CT molecular complexity index is 44.9. The molecule has 5 heavy (non-hydrogen) atoms. The maximum absolute atomic E-state index is 4.74. The second-order valence-electron chi connectivity index (χ2n) is 0.605. The van der Waals surface area contributed by atoms with Crippen molar-refractivity contribution in [2.75, 3.05) is 6.16 Å². The molecule has 0 aliphatic carbocycles. The maximum atomic E-state index is 4.74. The van der Waals surface area contributed by atoms with Crippen molar-refractivity contribution in [3.05, 3.63) is 6.92 Å². The maximum Gasteiger partial charge on any atom is 0.00533 e. The van der Waals surface area contributed by atoms with Crippen molar-refractivity contribution in [2.45, 2.75) is 0 Å². The molecule has 0 bridgehead atoms. The fourth-order valence-corrected chi connectivity index (χ4v) is 0. The molecular weight excluding hydrogens is 167 g/mol. The standard InChI is InChI=1S/C2H5BrPS/c1-2-4(3)5/h4H,1-2H2. The first kappa shape index (κ1) is 6.13. The molecule has 0 rings (SSSR count). The Hall–Kier alpha value is 1.13. The molecular formula is C2H5BrPS. The molecule has 0 saturated heterocycles. The van der Waals surface area contributed by atoms with Crippen LogP contribution in [0.3, 0.4) is 0 Å². The van der Waals surface area contributed by atoms with Gasteiger partial charge in [-0.15, -0.1) is 0 Å². The van der Waals surface area contributed by atoms with E-state index in [0.717, 1.165) is 6.16 Å². The lowest BCUT2D eigenvalue weighted by molar-refractivity contribution is 1.84. The van der Waals surface area contributed by atoms with Gasteiger partial charge in [-0.25, -0.2) is 0 Å². The highest BCUT2D eigenvalue weighted by atomic mass is 79.9. The van der Waals surface area contributed by atoms with Crippen LogP contribution in [0.15, 0.2) is 0 Å². The molecule has 0 heterocycles. The van der Waals surface area contributed by atoms with Crippen LogP contribution in [0.1, 0.15) is 0 Å². The summed E-state index contributed by atoms with van der Waals surface area (Å²) >= 11 is 7.96. The van der Waals surface area contributed by atoms with Crippen LogP contribution < -0.4 is 0 Å². The minimum atomic E-state index is -0.589. The van der Waals surface area contributed by atoms with Gasteiger partial charge in [-0.2, -0.15) is 0 Å². The summed E-state index contributed by atoms with van der Waals surface area (Å²) in [6, 6.07) is 0. The Morgan fingerprint density at radius 3 is 2.20 bits per heavy atom.